The van der Waals surface area contributed by atoms with Gasteiger partial charge in [-0.25, -0.2) is 0 Å². The Morgan fingerprint density at radius 2 is 1.50 bits per heavy atom. The van der Waals surface area contributed by atoms with E-state index in [-0.39, 0.29) is 6.04 Å². The predicted octanol–water partition coefficient (Wildman–Crippen LogP) is 3.73. The Balaban J connectivity index is 2.36. The molecule has 2 unspecified atom stereocenters. The van der Waals surface area contributed by atoms with Crippen molar-refractivity contribution in [2.24, 2.45) is 11.5 Å². The average molecular weight is 268 g/mol. The summed E-state index contributed by atoms with van der Waals surface area (Å²) in [6.07, 6.45) is 3.09. The molecule has 2 nitrogen and oxygen atoms in total. The molecule has 2 aromatic rings. The summed E-state index contributed by atoms with van der Waals surface area (Å²) in [4.78, 5) is 0. The number of unbranched alkanes of at least 4 members (excludes halogenated alkanes) is 1. The van der Waals surface area contributed by atoms with Crippen LogP contribution in [0.1, 0.15) is 43.4 Å². The molecule has 0 saturated heterocycles. The van der Waals surface area contributed by atoms with Gasteiger partial charge in [0.2, 0.25) is 0 Å². The van der Waals surface area contributed by atoms with Gasteiger partial charge in [0.25, 0.3) is 0 Å². The van der Waals surface area contributed by atoms with Gasteiger partial charge in [0.15, 0.2) is 0 Å². The second-order valence-corrected chi connectivity index (χ2v) is 5.40. The van der Waals surface area contributed by atoms with E-state index in [0.717, 1.165) is 30.4 Å². The average Bonchev–Trinajstić information content (AvgIpc) is 2.53. The molecule has 0 aliphatic heterocycles. The molecule has 106 valence electrons. The molecule has 2 heteroatoms. The van der Waals surface area contributed by atoms with Crippen LogP contribution in [0.3, 0.4) is 0 Å². The Morgan fingerprint density at radius 1 is 0.950 bits per heavy atom. The Kier molecular flexibility index (Phi) is 4.94. The summed E-state index contributed by atoms with van der Waals surface area (Å²) in [5, 5.41) is 0. The Labute approximate surface area is 121 Å². The minimum Gasteiger partial charge on any atom is -0.322 e. The first-order valence-electron chi connectivity index (χ1n) is 7.33. The van der Waals surface area contributed by atoms with E-state index < -0.39 is 5.54 Å². The van der Waals surface area contributed by atoms with Crippen LogP contribution in [0.15, 0.2) is 60.7 Å². The minimum absolute atomic E-state index is 0.197. The van der Waals surface area contributed by atoms with Gasteiger partial charge in [0.1, 0.15) is 0 Å². The maximum atomic E-state index is 6.76. The van der Waals surface area contributed by atoms with E-state index in [1.54, 1.807) is 0 Å². The highest BCUT2D eigenvalue weighted by Crippen LogP contribution is 2.35. The first kappa shape index (κ1) is 14.8. The zero-order valence-corrected chi connectivity index (χ0v) is 12.1. The van der Waals surface area contributed by atoms with Gasteiger partial charge in [-0.15, -0.1) is 0 Å². The molecule has 4 N–H and O–H groups in total. The third-order valence-corrected chi connectivity index (χ3v) is 3.97. The van der Waals surface area contributed by atoms with E-state index in [1.807, 2.05) is 36.4 Å². The zero-order chi connectivity index (χ0) is 14.4. The Morgan fingerprint density at radius 3 is 2.05 bits per heavy atom. The molecule has 20 heavy (non-hydrogen) atoms. The lowest BCUT2D eigenvalue weighted by Crippen LogP contribution is -2.46. The molecular weight excluding hydrogens is 244 g/mol. The van der Waals surface area contributed by atoms with E-state index in [9.17, 15) is 0 Å². The lowest BCUT2D eigenvalue weighted by Gasteiger charge is -2.36. The van der Waals surface area contributed by atoms with Crippen molar-refractivity contribution in [1.29, 1.82) is 0 Å². The largest absolute Gasteiger partial charge is 0.322 e. The SMILES string of the molecule is CCCCC(N)(c1ccccc1)C(N)c1ccccc1. The third kappa shape index (κ3) is 3.09. The van der Waals surface area contributed by atoms with Crippen molar-refractivity contribution >= 4 is 0 Å². The van der Waals surface area contributed by atoms with E-state index in [1.165, 1.54) is 0 Å². The summed E-state index contributed by atoms with van der Waals surface area (Å²) in [5.41, 5.74) is 15.0. The lowest BCUT2D eigenvalue weighted by atomic mass is 9.77. The molecule has 0 bridgehead atoms. The van der Waals surface area contributed by atoms with Gasteiger partial charge in [-0.3, -0.25) is 0 Å². The topological polar surface area (TPSA) is 52.0 Å². The van der Waals surface area contributed by atoms with E-state index in [4.69, 9.17) is 11.5 Å². The summed E-state index contributed by atoms with van der Waals surface area (Å²) < 4.78 is 0. The highest BCUT2D eigenvalue weighted by Gasteiger charge is 2.34. The normalized spacial score (nSPS) is 15.6. The Hall–Kier alpha value is -1.64. The fourth-order valence-corrected chi connectivity index (χ4v) is 2.65. The number of hydrogen-bond donors (Lipinski definition) is 2. The van der Waals surface area contributed by atoms with Crippen molar-refractivity contribution in [3.05, 3.63) is 71.8 Å². The Bertz CT molecular complexity index is 509. The molecule has 2 atom stereocenters. The van der Waals surface area contributed by atoms with Crippen LogP contribution in [-0.4, -0.2) is 0 Å². The highest BCUT2D eigenvalue weighted by atomic mass is 14.9. The predicted molar refractivity (Wildman–Crippen MR) is 85.2 cm³/mol. The van der Waals surface area contributed by atoms with Crippen LogP contribution in [0, 0.1) is 0 Å². The third-order valence-electron chi connectivity index (χ3n) is 3.97. The van der Waals surface area contributed by atoms with Gasteiger partial charge >= 0.3 is 0 Å². The van der Waals surface area contributed by atoms with E-state index in [0.29, 0.717) is 0 Å². The van der Waals surface area contributed by atoms with Crippen LogP contribution < -0.4 is 11.5 Å². The summed E-state index contributed by atoms with van der Waals surface area (Å²) >= 11 is 0. The molecule has 0 aliphatic rings. The first-order chi connectivity index (χ1) is 9.68. The monoisotopic (exact) mass is 268 g/mol. The molecule has 0 aliphatic carbocycles. The molecule has 0 heterocycles. The molecule has 0 saturated carbocycles. The smallest absolute Gasteiger partial charge is 0.0605 e. The van der Waals surface area contributed by atoms with Crippen LogP contribution in [-0.2, 0) is 5.54 Å². The van der Waals surface area contributed by atoms with Crippen LogP contribution in [0.2, 0.25) is 0 Å². The summed E-state index contributed by atoms with van der Waals surface area (Å²) in [6.45, 7) is 2.18. The molecule has 0 spiro atoms. The second kappa shape index (κ2) is 6.69. The van der Waals surface area contributed by atoms with Gasteiger partial charge in [-0.1, -0.05) is 80.4 Å². The van der Waals surface area contributed by atoms with Gasteiger partial charge in [0.05, 0.1) is 11.6 Å². The van der Waals surface area contributed by atoms with Crippen LogP contribution in [0.25, 0.3) is 0 Å². The lowest BCUT2D eigenvalue weighted by molar-refractivity contribution is 0.323. The standard InChI is InChI=1S/C18H24N2/c1-2-3-14-18(20,16-12-8-5-9-13-16)17(19)15-10-6-4-7-11-15/h4-13,17H,2-3,14,19-20H2,1H3. The number of nitrogens with two attached hydrogens (primary N) is 2. The molecule has 0 amide bonds. The zero-order valence-electron chi connectivity index (χ0n) is 12.1. The van der Waals surface area contributed by atoms with Crippen molar-refractivity contribution in [2.75, 3.05) is 0 Å². The first-order valence-corrected chi connectivity index (χ1v) is 7.33. The maximum Gasteiger partial charge on any atom is 0.0605 e. The quantitative estimate of drug-likeness (QED) is 0.838. The number of hydrogen-bond acceptors (Lipinski definition) is 2. The van der Waals surface area contributed by atoms with E-state index >= 15 is 0 Å². The van der Waals surface area contributed by atoms with Crippen molar-refractivity contribution in [3.8, 4) is 0 Å². The van der Waals surface area contributed by atoms with Crippen LogP contribution >= 0.6 is 0 Å². The molecular formula is C18H24N2. The van der Waals surface area contributed by atoms with Gasteiger partial charge in [-0.2, -0.15) is 0 Å². The summed E-state index contributed by atoms with van der Waals surface area (Å²) in [7, 11) is 0. The van der Waals surface area contributed by atoms with Crippen LogP contribution in [0.5, 0.6) is 0 Å². The maximum absolute atomic E-state index is 6.76. The molecule has 0 aromatic heterocycles. The van der Waals surface area contributed by atoms with Crippen molar-refractivity contribution in [1.82, 2.24) is 0 Å². The fraction of sp³-hybridized carbons (Fsp3) is 0.333. The summed E-state index contributed by atoms with van der Waals surface area (Å²) in [6, 6.07) is 20.2. The van der Waals surface area contributed by atoms with Gasteiger partial charge in [0, 0.05) is 0 Å². The van der Waals surface area contributed by atoms with Gasteiger partial charge < -0.3 is 11.5 Å². The van der Waals surface area contributed by atoms with Crippen LogP contribution in [0.4, 0.5) is 0 Å². The van der Waals surface area contributed by atoms with Crippen molar-refractivity contribution in [2.45, 2.75) is 37.8 Å². The fourth-order valence-electron chi connectivity index (χ4n) is 2.65. The molecule has 2 rings (SSSR count). The van der Waals surface area contributed by atoms with Crippen molar-refractivity contribution < 1.29 is 0 Å². The highest BCUT2D eigenvalue weighted by molar-refractivity contribution is 5.31. The summed E-state index contributed by atoms with van der Waals surface area (Å²) in [5.74, 6) is 0. The van der Waals surface area contributed by atoms with E-state index in [2.05, 4.69) is 31.2 Å². The van der Waals surface area contributed by atoms with Gasteiger partial charge in [-0.05, 0) is 17.5 Å². The van der Waals surface area contributed by atoms with Crippen molar-refractivity contribution in [3.63, 3.8) is 0 Å². The number of benzene rings is 2. The minimum atomic E-state index is -0.515. The second-order valence-electron chi connectivity index (χ2n) is 5.40. The molecule has 0 fully saturated rings. The number of rotatable bonds is 6. The molecule has 0 radical (unpaired) electrons. The molecule has 2 aromatic carbocycles.